The predicted octanol–water partition coefficient (Wildman–Crippen LogP) is 0.441. The standard InChI is InChI=1S/C12H15N3O3/c1-15(9-3-4-9)11(16)7-18-12(17)10-5-2-8(13)6-14-10/h2,5-6,9H,3-4,7,13H2,1H3. The summed E-state index contributed by atoms with van der Waals surface area (Å²) < 4.78 is 4.90. The second kappa shape index (κ2) is 5.03. The molecule has 6 nitrogen and oxygen atoms in total. The lowest BCUT2D eigenvalue weighted by Gasteiger charge is -2.15. The average molecular weight is 249 g/mol. The van der Waals surface area contributed by atoms with Crippen molar-refractivity contribution in [2.75, 3.05) is 19.4 Å². The van der Waals surface area contributed by atoms with Crippen molar-refractivity contribution < 1.29 is 14.3 Å². The van der Waals surface area contributed by atoms with Crippen LogP contribution in [0.5, 0.6) is 0 Å². The van der Waals surface area contributed by atoms with E-state index in [1.807, 2.05) is 0 Å². The monoisotopic (exact) mass is 249 g/mol. The third-order valence-electron chi connectivity index (χ3n) is 2.81. The lowest BCUT2D eigenvalue weighted by molar-refractivity contribution is -0.133. The molecule has 1 aliphatic carbocycles. The normalized spacial score (nSPS) is 14.1. The summed E-state index contributed by atoms with van der Waals surface area (Å²) in [7, 11) is 1.72. The quantitative estimate of drug-likeness (QED) is 0.783. The molecule has 18 heavy (non-hydrogen) atoms. The number of nitrogen functional groups attached to an aromatic ring is 1. The van der Waals surface area contributed by atoms with Crippen LogP contribution in [0.4, 0.5) is 5.69 Å². The fourth-order valence-corrected chi connectivity index (χ4v) is 1.49. The number of carbonyl (C=O) groups excluding carboxylic acids is 2. The van der Waals surface area contributed by atoms with E-state index in [9.17, 15) is 9.59 Å². The Labute approximate surface area is 105 Å². The summed E-state index contributed by atoms with van der Waals surface area (Å²) in [6.45, 7) is -0.252. The van der Waals surface area contributed by atoms with Gasteiger partial charge in [0.05, 0.1) is 11.9 Å². The first-order valence-corrected chi connectivity index (χ1v) is 5.72. The molecule has 1 amide bonds. The molecule has 96 valence electrons. The Bertz CT molecular complexity index is 454. The Hall–Kier alpha value is -2.11. The largest absolute Gasteiger partial charge is 0.451 e. The van der Waals surface area contributed by atoms with Crippen molar-refractivity contribution in [2.24, 2.45) is 0 Å². The molecule has 2 N–H and O–H groups in total. The van der Waals surface area contributed by atoms with Crippen LogP contribution in [-0.2, 0) is 9.53 Å². The Kier molecular flexibility index (Phi) is 3.45. The lowest BCUT2D eigenvalue weighted by Crippen LogP contribution is -2.33. The summed E-state index contributed by atoms with van der Waals surface area (Å²) in [5.74, 6) is -0.811. The summed E-state index contributed by atoms with van der Waals surface area (Å²) in [5.41, 5.74) is 6.07. The maximum atomic E-state index is 11.6. The van der Waals surface area contributed by atoms with Crippen LogP contribution >= 0.6 is 0 Å². The van der Waals surface area contributed by atoms with E-state index in [-0.39, 0.29) is 18.2 Å². The average Bonchev–Trinajstić information content (AvgIpc) is 3.19. The van der Waals surface area contributed by atoms with E-state index >= 15 is 0 Å². The lowest BCUT2D eigenvalue weighted by atomic mass is 10.3. The molecular weight excluding hydrogens is 234 g/mol. The summed E-state index contributed by atoms with van der Waals surface area (Å²) in [6.07, 6.45) is 3.42. The molecule has 1 heterocycles. The van der Waals surface area contributed by atoms with Gasteiger partial charge in [-0.05, 0) is 25.0 Å². The first-order chi connectivity index (χ1) is 8.58. The zero-order chi connectivity index (χ0) is 13.1. The zero-order valence-corrected chi connectivity index (χ0v) is 10.1. The molecule has 0 bridgehead atoms. The van der Waals surface area contributed by atoms with Crippen LogP contribution in [-0.4, -0.2) is 41.5 Å². The molecule has 6 heteroatoms. The molecule has 0 aromatic carbocycles. The van der Waals surface area contributed by atoms with Crippen molar-refractivity contribution >= 4 is 17.6 Å². The number of amides is 1. The molecule has 2 rings (SSSR count). The Morgan fingerprint density at radius 2 is 2.22 bits per heavy atom. The minimum absolute atomic E-state index is 0.145. The number of hydrogen-bond donors (Lipinski definition) is 1. The minimum Gasteiger partial charge on any atom is -0.451 e. The Morgan fingerprint density at radius 3 is 2.78 bits per heavy atom. The summed E-state index contributed by atoms with van der Waals surface area (Å²) >= 11 is 0. The fourth-order valence-electron chi connectivity index (χ4n) is 1.49. The van der Waals surface area contributed by atoms with Gasteiger partial charge in [0.25, 0.3) is 5.91 Å². The van der Waals surface area contributed by atoms with Crippen molar-refractivity contribution in [3.8, 4) is 0 Å². The molecule has 0 saturated heterocycles. The molecule has 1 saturated carbocycles. The van der Waals surface area contributed by atoms with Gasteiger partial charge in [-0.2, -0.15) is 0 Å². The van der Waals surface area contributed by atoms with Gasteiger partial charge in [0.2, 0.25) is 0 Å². The maximum Gasteiger partial charge on any atom is 0.357 e. The van der Waals surface area contributed by atoms with Crippen LogP contribution in [0.2, 0.25) is 0 Å². The molecule has 1 aromatic rings. The van der Waals surface area contributed by atoms with Gasteiger partial charge >= 0.3 is 5.97 Å². The van der Waals surface area contributed by atoms with E-state index in [1.165, 1.54) is 12.3 Å². The number of carbonyl (C=O) groups is 2. The number of rotatable bonds is 4. The number of nitrogens with zero attached hydrogens (tertiary/aromatic N) is 2. The van der Waals surface area contributed by atoms with Gasteiger partial charge in [-0.1, -0.05) is 0 Å². The number of ether oxygens (including phenoxy) is 1. The van der Waals surface area contributed by atoms with E-state index in [0.29, 0.717) is 11.7 Å². The van der Waals surface area contributed by atoms with E-state index < -0.39 is 5.97 Å². The van der Waals surface area contributed by atoms with Crippen molar-refractivity contribution in [1.29, 1.82) is 0 Å². The highest BCUT2D eigenvalue weighted by molar-refractivity contribution is 5.89. The molecule has 0 radical (unpaired) electrons. The number of anilines is 1. The Balaban J connectivity index is 1.84. The fraction of sp³-hybridized carbons (Fsp3) is 0.417. The molecule has 0 unspecified atom stereocenters. The van der Waals surface area contributed by atoms with Gasteiger partial charge in [0, 0.05) is 13.1 Å². The molecule has 0 spiro atoms. The zero-order valence-electron chi connectivity index (χ0n) is 10.1. The van der Waals surface area contributed by atoms with Crippen LogP contribution in [0.15, 0.2) is 18.3 Å². The van der Waals surface area contributed by atoms with Gasteiger partial charge in [-0.25, -0.2) is 9.78 Å². The van der Waals surface area contributed by atoms with Gasteiger partial charge in [0.1, 0.15) is 5.69 Å². The number of pyridine rings is 1. The van der Waals surface area contributed by atoms with Crippen molar-refractivity contribution in [3.05, 3.63) is 24.0 Å². The highest BCUT2D eigenvalue weighted by Crippen LogP contribution is 2.25. The maximum absolute atomic E-state index is 11.6. The van der Waals surface area contributed by atoms with E-state index in [0.717, 1.165) is 12.8 Å². The van der Waals surface area contributed by atoms with Gasteiger partial charge in [0.15, 0.2) is 6.61 Å². The van der Waals surface area contributed by atoms with Crippen molar-refractivity contribution in [3.63, 3.8) is 0 Å². The molecular formula is C12H15N3O3. The van der Waals surface area contributed by atoms with E-state index in [1.54, 1.807) is 18.0 Å². The third kappa shape index (κ3) is 2.97. The van der Waals surface area contributed by atoms with Crippen LogP contribution < -0.4 is 5.73 Å². The second-order valence-electron chi connectivity index (χ2n) is 4.29. The summed E-state index contributed by atoms with van der Waals surface area (Å²) in [4.78, 5) is 28.6. The smallest absolute Gasteiger partial charge is 0.357 e. The van der Waals surface area contributed by atoms with Gasteiger partial charge in [-0.3, -0.25) is 4.79 Å². The number of hydrogen-bond acceptors (Lipinski definition) is 5. The van der Waals surface area contributed by atoms with Crippen LogP contribution in [0.1, 0.15) is 23.3 Å². The molecule has 1 aromatic heterocycles. The minimum atomic E-state index is -0.618. The molecule has 1 aliphatic rings. The first-order valence-electron chi connectivity index (χ1n) is 5.72. The van der Waals surface area contributed by atoms with Gasteiger partial charge in [-0.15, -0.1) is 0 Å². The van der Waals surface area contributed by atoms with E-state index in [4.69, 9.17) is 10.5 Å². The van der Waals surface area contributed by atoms with Crippen molar-refractivity contribution in [2.45, 2.75) is 18.9 Å². The topological polar surface area (TPSA) is 85.5 Å². The highest BCUT2D eigenvalue weighted by atomic mass is 16.5. The van der Waals surface area contributed by atoms with Crippen molar-refractivity contribution in [1.82, 2.24) is 9.88 Å². The van der Waals surface area contributed by atoms with Crippen LogP contribution in [0, 0.1) is 0 Å². The Morgan fingerprint density at radius 1 is 1.50 bits per heavy atom. The SMILES string of the molecule is CN(C(=O)COC(=O)c1ccc(N)cn1)C1CC1. The number of esters is 1. The third-order valence-corrected chi connectivity index (χ3v) is 2.81. The number of likely N-dealkylation sites (N-methyl/N-ethyl adjacent to an activating group) is 1. The second-order valence-corrected chi connectivity index (χ2v) is 4.29. The van der Waals surface area contributed by atoms with Crippen LogP contribution in [0.25, 0.3) is 0 Å². The number of aromatic nitrogens is 1. The van der Waals surface area contributed by atoms with E-state index in [2.05, 4.69) is 4.98 Å². The molecule has 1 fully saturated rings. The predicted molar refractivity (Wildman–Crippen MR) is 64.7 cm³/mol. The van der Waals surface area contributed by atoms with Gasteiger partial charge < -0.3 is 15.4 Å². The summed E-state index contributed by atoms with van der Waals surface area (Å²) in [6, 6.07) is 3.33. The molecule has 0 atom stereocenters. The van der Waals surface area contributed by atoms with Crippen LogP contribution in [0.3, 0.4) is 0 Å². The highest BCUT2D eigenvalue weighted by Gasteiger charge is 2.29. The first kappa shape index (κ1) is 12.3. The number of nitrogens with two attached hydrogens (primary N) is 1. The summed E-state index contributed by atoms with van der Waals surface area (Å²) in [5, 5.41) is 0. The molecule has 0 aliphatic heterocycles.